The van der Waals surface area contributed by atoms with E-state index in [2.05, 4.69) is 0 Å². The second-order valence-electron chi connectivity index (χ2n) is 4.38. The molecule has 0 aromatic heterocycles. The van der Waals surface area contributed by atoms with Gasteiger partial charge in [-0.1, -0.05) is 30.3 Å². The highest BCUT2D eigenvalue weighted by atomic mass is 19.1. The third kappa shape index (κ3) is 3.19. The Labute approximate surface area is 111 Å². The Kier molecular flexibility index (Phi) is 3.95. The van der Waals surface area contributed by atoms with E-state index in [0.29, 0.717) is 11.3 Å². The monoisotopic (exact) mass is 258 g/mol. The zero-order valence-corrected chi connectivity index (χ0v) is 10.9. The van der Waals surface area contributed by atoms with Crippen molar-refractivity contribution >= 4 is 5.78 Å². The molecular formula is C16H15FO2. The fourth-order valence-electron chi connectivity index (χ4n) is 1.71. The van der Waals surface area contributed by atoms with Crippen molar-refractivity contribution in [3.8, 4) is 16.9 Å². The minimum absolute atomic E-state index is 0.0902. The molecule has 0 aliphatic rings. The van der Waals surface area contributed by atoms with Gasteiger partial charge in [0.05, 0.1) is 0 Å². The Bertz CT molecular complexity index is 579. The molecule has 0 amide bonds. The first kappa shape index (κ1) is 13.3. The first-order valence-electron chi connectivity index (χ1n) is 6.10. The molecule has 2 nitrogen and oxygen atoms in total. The number of hydrogen-bond acceptors (Lipinski definition) is 2. The van der Waals surface area contributed by atoms with Gasteiger partial charge in [-0.05, 0) is 31.5 Å². The van der Waals surface area contributed by atoms with Gasteiger partial charge in [-0.15, -0.1) is 0 Å². The summed E-state index contributed by atoms with van der Waals surface area (Å²) >= 11 is 0. The van der Waals surface area contributed by atoms with Crippen LogP contribution in [0.3, 0.4) is 0 Å². The number of halogens is 1. The number of ketones is 1. The van der Waals surface area contributed by atoms with Crippen molar-refractivity contribution in [1.29, 1.82) is 0 Å². The molecule has 0 N–H and O–H groups in total. The van der Waals surface area contributed by atoms with Crippen LogP contribution in [0.1, 0.15) is 13.8 Å². The lowest BCUT2D eigenvalue weighted by Gasteiger charge is -2.12. The van der Waals surface area contributed by atoms with Gasteiger partial charge < -0.3 is 4.74 Å². The largest absolute Gasteiger partial charge is 0.483 e. The van der Waals surface area contributed by atoms with Crippen LogP contribution >= 0.6 is 0 Å². The molecule has 0 saturated carbocycles. The van der Waals surface area contributed by atoms with E-state index < -0.39 is 6.10 Å². The predicted octanol–water partition coefficient (Wildman–Crippen LogP) is 3.85. The van der Waals surface area contributed by atoms with E-state index in [0.717, 1.165) is 5.56 Å². The molecule has 0 unspecified atom stereocenters. The van der Waals surface area contributed by atoms with Crippen molar-refractivity contribution in [2.75, 3.05) is 0 Å². The quantitative estimate of drug-likeness (QED) is 0.832. The van der Waals surface area contributed by atoms with Gasteiger partial charge >= 0.3 is 0 Å². The molecule has 2 rings (SSSR count). The van der Waals surface area contributed by atoms with E-state index in [1.54, 1.807) is 19.1 Å². The van der Waals surface area contributed by atoms with Crippen LogP contribution in [0.15, 0.2) is 48.5 Å². The first-order chi connectivity index (χ1) is 9.08. The van der Waals surface area contributed by atoms with Crippen molar-refractivity contribution in [2.24, 2.45) is 0 Å². The fourth-order valence-corrected chi connectivity index (χ4v) is 1.71. The summed E-state index contributed by atoms with van der Waals surface area (Å²) in [5.74, 6) is -0.0909. The lowest BCUT2D eigenvalue weighted by atomic mass is 10.1. The second kappa shape index (κ2) is 5.65. The van der Waals surface area contributed by atoms with Gasteiger partial charge in [0.25, 0.3) is 0 Å². The lowest BCUT2D eigenvalue weighted by molar-refractivity contribution is -0.122. The van der Waals surface area contributed by atoms with Crippen molar-refractivity contribution in [2.45, 2.75) is 20.0 Å². The molecule has 0 radical (unpaired) electrons. The van der Waals surface area contributed by atoms with Gasteiger partial charge in [0.1, 0.15) is 11.6 Å². The summed E-state index contributed by atoms with van der Waals surface area (Å²) in [4.78, 5) is 11.1. The molecular weight excluding hydrogens is 243 g/mol. The molecule has 0 heterocycles. The van der Waals surface area contributed by atoms with Crippen LogP contribution in [0.5, 0.6) is 5.75 Å². The summed E-state index contributed by atoms with van der Waals surface area (Å²) in [6.45, 7) is 3.09. The molecule has 0 aliphatic heterocycles. The SMILES string of the molecule is CC(=O)[C@@H](C)Oc1ccc(-c2ccccc2)c(F)c1. The van der Waals surface area contributed by atoms with Crippen molar-refractivity contribution in [3.05, 3.63) is 54.3 Å². The summed E-state index contributed by atoms with van der Waals surface area (Å²) in [5.41, 5.74) is 1.33. The van der Waals surface area contributed by atoms with Crippen LogP contribution in [0.25, 0.3) is 11.1 Å². The average molecular weight is 258 g/mol. The third-order valence-electron chi connectivity index (χ3n) is 2.91. The maximum Gasteiger partial charge on any atom is 0.169 e. The molecule has 19 heavy (non-hydrogen) atoms. The standard InChI is InChI=1S/C16H15FO2/c1-11(18)12(2)19-14-8-9-15(16(17)10-14)13-6-4-3-5-7-13/h3-10,12H,1-2H3/t12-/m1/s1. The summed E-state index contributed by atoms with van der Waals surface area (Å²) < 4.78 is 19.4. The van der Waals surface area contributed by atoms with E-state index in [1.165, 1.54) is 13.0 Å². The minimum atomic E-state index is -0.568. The van der Waals surface area contributed by atoms with Crippen LogP contribution in [0.2, 0.25) is 0 Å². The molecule has 0 fully saturated rings. The summed E-state index contributed by atoms with van der Waals surface area (Å²) in [5, 5.41) is 0. The number of benzene rings is 2. The predicted molar refractivity (Wildman–Crippen MR) is 72.6 cm³/mol. The van der Waals surface area contributed by atoms with Gasteiger partial charge in [0.2, 0.25) is 0 Å². The third-order valence-corrected chi connectivity index (χ3v) is 2.91. The summed E-state index contributed by atoms with van der Waals surface area (Å²) in [7, 11) is 0. The van der Waals surface area contributed by atoms with Crippen LogP contribution in [0, 0.1) is 5.82 Å². The second-order valence-corrected chi connectivity index (χ2v) is 4.38. The summed E-state index contributed by atoms with van der Waals surface area (Å²) in [6, 6.07) is 13.9. The number of hydrogen-bond donors (Lipinski definition) is 0. The minimum Gasteiger partial charge on any atom is -0.483 e. The molecule has 2 aromatic rings. The van der Waals surface area contributed by atoms with E-state index >= 15 is 0 Å². The van der Waals surface area contributed by atoms with Crippen LogP contribution < -0.4 is 4.74 Å². The Morgan fingerprint density at radius 3 is 2.42 bits per heavy atom. The van der Waals surface area contributed by atoms with Crippen molar-refractivity contribution < 1.29 is 13.9 Å². The van der Waals surface area contributed by atoms with Crippen LogP contribution in [-0.2, 0) is 4.79 Å². The Morgan fingerprint density at radius 1 is 1.16 bits per heavy atom. The molecule has 0 bridgehead atoms. The highest BCUT2D eigenvalue weighted by molar-refractivity contribution is 5.80. The number of Topliss-reactive ketones (excluding diaryl/α,β-unsaturated/α-hetero) is 1. The zero-order valence-electron chi connectivity index (χ0n) is 10.9. The Morgan fingerprint density at radius 2 is 1.84 bits per heavy atom. The Hall–Kier alpha value is -2.16. The molecule has 3 heteroatoms. The highest BCUT2D eigenvalue weighted by Crippen LogP contribution is 2.26. The van der Waals surface area contributed by atoms with Gasteiger partial charge in [0.15, 0.2) is 11.9 Å². The zero-order chi connectivity index (χ0) is 13.8. The highest BCUT2D eigenvalue weighted by Gasteiger charge is 2.11. The first-order valence-corrected chi connectivity index (χ1v) is 6.10. The average Bonchev–Trinajstić information content (AvgIpc) is 2.39. The molecule has 2 aromatic carbocycles. The fraction of sp³-hybridized carbons (Fsp3) is 0.188. The topological polar surface area (TPSA) is 26.3 Å². The van der Waals surface area contributed by atoms with E-state index in [-0.39, 0.29) is 11.6 Å². The molecule has 0 saturated heterocycles. The van der Waals surface area contributed by atoms with E-state index in [1.807, 2.05) is 30.3 Å². The maximum atomic E-state index is 14.0. The van der Waals surface area contributed by atoms with E-state index in [4.69, 9.17) is 4.74 Å². The summed E-state index contributed by atoms with van der Waals surface area (Å²) in [6.07, 6.45) is -0.568. The van der Waals surface area contributed by atoms with E-state index in [9.17, 15) is 9.18 Å². The molecule has 0 spiro atoms. The number of rotatable bonds is 4. The van der Waals surface area contributed by atoms with Crippen molar-refractivity contribution in [1.82, 2.24) is 0 Å². The Balaban J connectivity index is 2.25. The maximum absolute atomic E-state index is 14.0. The number of carbonyl (C=O) groups excluding carboxylic acids is 1. The lowest BCUT2D eigenvalue weighted by Crippen LogP contribution is -2.20. The smallest absolute Gasteiger partial charge is 0.169 e. The normalized spacial score (nSPS) is 11.9. The van der Waals surface area contributed by atoms with Crippen molar-refractivity contribution in [3.63, 3.8) is 0 Å². The molecule has 1 atom stereocenters. The van der Waals surface area contributed by atoms with Crippen LogP contribution in [0.4, 0.5) is 4.39 Å². The van der Waals surface area contributed by atoms with Crippen LogP contribution in [-0.4, -0.2) is 11.9 Å². The number of ether oxygens (including phenoxy) is 1. The molecule has 98 valence electrons. The van der Waals surface area contributed by atoms with Gasteiger partial charge in [0, 0.05) is 11.6 Å². The van der Waals surface area contributed by atoms with Gasteiger partial charge in [-0.2, -0.15) is 0 Å². The van der Waals surface area contributed by atoms with Gasteiger partial charge in [-0.3, -0.25) is 4.79 Å². The molecule has 0 aliphatic carbocycles. The van der Waals surface area contributed by atoms with Gasteiger partial charge in [-0.25, -0.2) is 4.39 Å². The number of carbonyl (C=O) groups is 1.